The van der Waals surface area contributed by atoms with E-state index < -0.39 is 18.6 Å². The van der Waals surface area contributed by atoms with E-state index in [0.29, 0.717) is 11.1 Å². The van der Waals surface area contributed by atoms with Crippen LogP contribution in [0.25, 0.3) is 6.08 Å². The fourth-order valence-corrected chi connectivity index (χ4v) is 2.19. The summed E-state index contributed by atoms with van der Waals surface area (Å²) in [5.74, 6) is -1.71. The van der Waals surface area contributed by atoms with E-state index in [4.69, 9.17) is 9.84 Å². The molecular formula is C18H11F2NO5. The van der Waals surface area contributed by atoms with Crippen molar-refractivity contribution in [1.29, 1.82) is 0 Å². The second kappa shape index (κ2) is 7.14. The Morgan fingerprint density at radius 1 is 1.12 bits per heavy atom. The summed E-state index contributed by atoms with van der Waals surface area (Å²) >= 11 is 0. The van der Waals surface area contributed by atoms with E-state index in [2.05, 4.69) is 9.73 Å². The number of ether oxygens (including phenoxy) is 2. The van der Waals surface area contributed by atoms with Crippen LogP contribution in [0.1, 0.15) is 21.5 Å². The van der Waals surface area contributed by atoms with Crippen molar-refractivity contribution < 1.29 is 33.0 Å². The molecule has 6 nitrogen and oxygen atoms in total. The zero-order chi connectivity index (χ0) is 18.7. The molecule has 0 aromatic heterocycles. The summed E-state index contributed by atoms with van der Waals surface area (Å²) in [5, 5.41) is 8.87. The molecule has 8 heteroatoms. The molecule has 0 unspecified atom stereocenters. The summed E-state index contributed by atoms with van der Waals surface area (Å²) in [4.78, 5) is 26.8. The van der Waals surface area contributed by atoms with Gasteiger partial charge >= 0.3 is 18.6 Å². The molecule has 0 bridgehead atoms. The number of aliphatic imine (C=N–C) groups is 1. The van der Waals surface area contributed by atoms with Crippen molar-refractivity contribution in [3.63, 3.8) is 0 Å². The Kier molecular flexibility index (Phi) is 4.74. The number of nitrogens with zero attached hydrogens (tertiary/aromatic N) is 1. The molecular weight excluding hydrogens is 348 g/mol. The molecule has 0 spiro atoms. The van der Waals surface area contributed by atoms with Gasteiger partial charge in [-0.25, -0.2) is 14.6 Å². The highest BCUT2D eigenvalue weighted by Crippen LogP contribution is 2.21. The van der Waals surface area contributed by atoms with Crippen LogP contribution in [0.15, 0.2) is 59.2 Å². The number of carboxylic acid groups (broad SMARTS) is 1. The minimum absolute atomic E-state index is 0.0250. The molecule has 0 atom stereocenters. The summed E-state index contributed by atoms with van der Waals surface area (Å²) < 4.78 is 33.6. The molecule has 26 heavy (non-hydrogen) atoms. The first-order valence-corrected chi connectivity index (χ1v) is 7.33. The van der Waals surface area contributed by atoms with E-state index in [9.17, 15) is 18.4 Å². The predicted octanol–water partition coefficient (Wildman–Crippen LogP) is 3.33. The number of hydrogen-bond donors (Lipinski definition) is 1. The van der Waals surface area contributed by atoms with Crippen LogP contribution in [0.3, 0.4) is 0 Å². The molecule has 3 rings (SSSR count). The van der Waals surface area contributed by atoms with Gasteiger partial charge in [-0.3, -0.25) is 0 Å². The molecule has 0 radical (unpaired) electrons. The highest BCUT2D eigenvalue weighted by molar-refractivity contribution is 6.12. The summed E-state index contributed by atoms with van der Waals surface area (Å²) in [6, 6.07) is 11.4. The Balaban J connectivity index is 1.81. The number of hydrogen-bond acceptors (Lipinski definition) is 5. The van der Waals surface area contributed by atoms with Crippen LogP contribution < -0.4 is 4.74 Å². The van der Waals surface area contributed by atoms with Crippen LogP contribution in [0.2, 0.25) is 0 Å². The Morgan fingerprint density at radius 3 is 2.35 bits per heavy atom. The largest absolute Gasteiger partial charge is 0.478 e. The van der Waals surface area contributed by atoms with Crippen LogP contribution >= 0.6 is 0 Å². The Morgan fingerprint density at radius 2 is 1.77 bits per heavy atom. The van der Waals surface area contributed by atoms with E-state index >= 15 is 0 Å². The molecule has 132 valence electrons. The molecule has 0 saturated carbocycles. The van der Waals surface area contributed by atoms with Gasteiger partial charge in [-0.15, -0.1) is 0 Å². The van der Waals surface area contributed by atoms with Gasteiger partial charge in [0, 0.05) is 5.56 Å². The third kappa shape index (κ3) is 3.92. The molecule has 0 saturated heterocycles. The van der Waals surface area contributed by atoms with Crippen LogP contribution in [0, 0.1) is 0 Å². The third-order valence-electron chi connectivity index (χ3n) is 3.41. The highest BCUT2D eigenvalue weighted by Gasteiger charge is 2.24. The minimum Gasteiger partial charge on any atom is -0.478 e. The van der Waals surface area contributed by atoms with Crippen LogP contribution in [-0.2, 0) is 9.53 Å². The van der Waals surface area contributed by atoms with Crippen LogP contribution in [0.5, 0.6) is 5.75 Å². The third-order valence-corrected chi connectivity index (χ3v) is 3.41. The average Bonchev–Trinajstić information content (AvgIpc) is 2.96. The molecule has 0 fully saturated rings. The first-order valence-electron chi connectivity index (χ1n) is 7.33. The number of cyclic esters (lactones) is 1. The van der Waals surface area contributed by atoms with Crippen molar-refractivity contribution in [1.82, 2.24) is 0 Å². The SMILES string of the molecule is O=C1OC(c2ccc(OC(F)F)cc2)=N/C1=C\c1ccc(C(=O)O)cc1. The monoisotopic (exact) mass is 359 g/mol. The van der Waals surface area contributed by atoms with Crippen LogP contribution in [0.4, 0.5) is 8.78 Å². The number of halogens is 2. The molecule has 1 aliphatic rings. The van der Waals surface area contributed by atoms with Gasteiger partial charge in [0.15, 0.2) is 5.70 Å². The maximum atomic E-state index is 12.1. The minimum atomic E-state index is -2.93. The predicted molar refractivity (Wildman–Crippen MR) is 87.1 cm³/mol. The van der Waals surface area contributed by atoms with Crippen LogP contribution in [-0.4, -0.2) is 29.6 Å². The second-order valence-electron chi connectivity index (χ2n) is 5.17. The maximum Gasteiger partial charge on any atom is 0.387 e. The molecule has 0 amide bonds. The van der Waals surface area contributed by atoms with Gasteiger partial charge in [0.2, 0.25) is 5.90 Å². The number of carbonyl (C=O) groups is 2. The average molecular weight is 359 g/mol. The summed E-state index contributed by atoms with van der Waals surface area (Å²) in [5.41, 5.74) is 1.16. The van der Waals surface area contributed by atoms with E-state index in [0.717, 1.165) is 0 Å². The van der Waals surface area contributed by atoms with E-state index in [-0.39, 0.29) is 22.9 Å². The van der Waals surface area contributed by atoms with Gasteiger partial charge in [-0.2, -0.15) is 8.78 Å². The van der Waals surface area contributed by atoms with Gasteiger partial charge in [0.05, 0.1) is 5.56 Å². The highest BCUT2D eigenvalue weighted by atomic mass is 19.3. The Bertz CT molecular complexity index is 902. The lowest BCUT2D eigenvalue weighted by Crippen LogP contribution is -2.06. The molecule has 1 N–H and O–H groups in total. The normalized spacial score (nSPS) is 15.1. The Hall–Kier alpha value is -3.55. The lowest BCUT2D eigenvalue weighted by Gasteiger charge is -2.04. The van der Waals surface area contributed by atoms with E-state index in [1.807, 2.05) is 0 Å². The fourth-order valence-electron chi connectivity index (χ4n) is 2.19. The number of alkyl halides is 2. The number of benzene rings is 2. The lowest BCUT2D eigenvalue weighted by molar-refractivity contribution is -0.129. The van der Waals surface area contributed by atoms with E-state index in [1.54, 1.807) is 0 Å². The summed E-state index contributed by atoms with van der Waals surface area (Å²) in [7, 11) is 0. The Labute approximate surface area is 146 Å². The lowest BCUT2D eigenvalue weighted by atomic mass is 10.1. The van der Waals surface area contributed by atoms with Crippen molar-refractivity contribution in [3.05, 3.63) is 70.9 Å². The van der Waals surface area contributed by atoms with Gasteiger partial charge < -0.3 is 14.6 Å². The van der Waals surface area contributed by atoms with Crippen molar-refractivity contribution in [3.8, 4) is 5.75 Å². The first kappa shape index (κ1) is 17.3. The van der Waals surface area contributed by atoms with E-state index in [1.165, 1.54) is 54.6 Å². The molecule has 1 heterocycles. The van der Waals surface area contributed by atoms with Gasteiger partial charge in [-0.1, -0.05) is 12.1 Å². The first-order chi connectivity index (χ1) is 12.4. The van der Waals surface area contributed by atoms with Crippen molar-refractivity contribution in [2.45, 2.75) is 6.61 Å². The number of carbonyl (C=O) groups excluding carboxylic acids is 1. The number of rotatable bonds is 5. The summed E-state index contributed by atoms with van der Waals surface area (Å²) in [6.07, 6.45) is 1.45. The number of carboxylic acids is 1. The zero-order valence-electron chi connectivity index (χ0n) is 13.1. The molecule has 2 aromatic rings. The zero-order valence-corrected chi connectivity index (χ0v) is 13.1. The van der Waals surface area contributed by atoms with Crippen molar-refractivity contribution in [2.24, 2.45) is 4.99 Å². The molecule has 2 aromatic carbocycles. The maximum absolute atomic E-state index is 12.1. The second-order valence-corrected chi connectivity index (χ2v) is 5.17. The quantitative estimate of drug-likeness (QED) is 0.654. The smallest absolute Gasteiger partial charge is 0.387 e. The summed E-state index contributed by atoms with van der Waals surface area (Å²) in [6.45, 7) is -2.93. The number of esters is 1. The standard InChI is InChI=1S/C18H11F2NO5/c19-18(20)25-13-7-5-11(6-8-13)15-21-14(17(24)26-15)9-10-1-3-12(4-2-10)16(22)23/h1-9,18H,(H,22,23)/b14-9-. The topological polar surface area (TPSA) is 85.2 Å². The van der Waals surface area contributed by atoms with Gasteiger partial charge in [0.1, 0.15) is 5.75 Å². The van der Waals surface area contributed by atoms with Gasteiger partial charge in [-0.05, 0) is 48.0 Å². The number of aromatic carboxylic acids is 1. The fraction of sp³-hybridized carbons (Fsp3) is 0.0556. The molecule has 1 aliphatic heterocycles. The van der Waals surface area contributed by atoms with Crippen molar-refractivity contribution in [2.75, 3.05) is 0 Å². The van der Waals surface area contributed by atoms with Crippen molar-refractivity contribution >= 4 is 23.9 Å². The molecule has 0 aliphatic carbocycles. The van der Waals surface area contributed by atoms with Gasteiger partial charge in [0.25, 0.3) is 0 Å².